The van der Waals surface area contributed by atoms with Crippen LogP contribution in [0.25, 0.3) is 0 Å². The maximum absolute atomic E-state index is 11.8. The van der Waals surface area contributed by atoms with Crippen molar-refractivity contribution < 1.29 is 14.3 Å². The summed E-state index contributed by atoms with van der Waals surface area (Å²) in [6.07, 6.45) is 0.716. The number of nitrogens with one attached hydrogen (secondary N) is 1. The average molecular weight is 378 g/mol. The highest BCUT2D eigenvalue weighted by Crippen LogP contribution is 2.20. The first kappa shape index (κ1) is 17.3. The fraction of sp³-hybridized carbons (Fsp3) is 0.278. The molecule has 0 aliphatic rings. The van der Waals surface area contributed by atoms with Crippen molar-refractivity contribution in [2.45, 2.75) is 13.3 Å². The van der Waals surface area contributed by atoms with Gasteiger partial charge in [0.25, 0.3) is 5.91 Å². The van der Waals surface area contributed by atoms with E-state index in [1.165, 1.54) is 5.56 Å². The van der Waals surface area contributed by atoms with Gasteiger partial charge < -0.3 is 14.8 Å². The summed E-state index contributed by atoms with van der Waals surface area (Å²) >= 11 is 3.36. The first-order chi connectivity index (χ1) is 11.1. The van der Waals surface area contributed by atoms with Crippen LogP contribution in [0.15, 0.2) is 46.9 Å². The van der Waals surface area contributed by atoms with Crippen LogP contribution in [0.2, 0.25) is 0 Å². The molecule has 0 aliphatic carbocycles. The predicted molar refractivity (Wildman–Crippen MR) is 94.1 cm³/mol. The maximum atomic E-state index is 11.8. The lowest BCUT2D eigenvalue weighted by Gasteiger charge is -2.11. The molecule has 1 N–H and O–H groups in total. The van der Waals surface area contributed by atoms with Crippen molar-refractivity contribution in [3.63, 3.8) is 0 Å². The Bertz CT molecular complexity index is 673. The Morgan fingerprint density at radius 1 is 1.22 bits per heavy atom. The molecule has 122 valence electrons. The average Bonchev–Trinajstić information content (AvgIpc) is 2.53. The standard InChI is InChI=1S/C18H20BrNO3/c1-13-6-7-17(22-2)14(10-13)8-9-20-18(21)12-23-16-5-3-4-15(19)11-16/h3-7,10-11H,8-9,12H2,1-2H3,(H,20,21). The van der Waals surface area contributed by atoms with E-state index in [4.69, 9.17) is 9.47 Å². The van der Waals surface area contributed by atoms with Crippen LogP contribution < -0.4 is 14.8 Å². The fourth-order valence-corrected chi connectivity index (χ4v) is 2.57. The molecular formula is C18H20BrNO3. The van der Waals surface area contributed by atoms with Crippen LogP contribution in [-0.4, -0.2) is 26.2 Å². The minimum Gasteiger partial charge on any atom is -0.496 e. The zero-order chi connectivity index (χ0) is 16.7. The van der Waals surface area contributed by atoms with Crippen LogP contribution in [0.5, 0.6) is 11.5 Å². The number of carbonyl (C=O) groups is 1. The fourth-order valence-electron chi connectivity index (χ4n) is 2.20. The van der Waals surface area contributed by atoms with Crippen molar-refractivity contribution in [1.82, 2.24) is 5.32 Å². The van der Waals surface area contributed by atoms with E-state index in [9.17, 15) is 4.79 Å². The molecule has 0 spiro atoms. The van der Waals surface area contributed by atoms with Crippen molar-refractivity contribution in [2.75, 3.05) is 20.3 Å². The zero-order valence-electron chi connectivity index (χ0n) is 13.3. The lowest BCUT2D eigenvalue weighted by molar-refractivity contribution is -0.123. The van der Waals surface area contributed by atoms with Gasteiger partial charge in [-0.15, -0.1) is 0 Å². The molecular weight excluding hydrogens is 358 g/mol. The first-order valence-electron chi connectivity index (χ1n) is 7.37. The summed E-state index contributed by atoms with van der Waals surface area (Å²) in [6.45, 7) is 2.58. The van der Waals surface area contributed by atoms with Crippen molar-refractivity contribution in [3.8, 4) is 11.5 Å². The zero-order valence-corrected chi connectivity index (χ0v) is 14.9. The number of benzene rings is 2. The van der Waals surface area contributed by atoms with Gasteiger partial charge in [-0.1, -0.05) is 39.7 Å². The third-order valence-corrected chi connectivity index (χ3v) is 3.81. The van der Waals surface area contributed by atoms with Gasteiger partial charge >= 0.3 is 0 Å². The Morgan fingerprint density at radius 3 is 2.78 bits per heavy atom. The molecule has 0 bridgehead atoms. The molecule has 1 amide bonds. The first-order valence-corrected chi connectivity index (χ1v) is 8.16. The van der Waals surface area contributed by atoms with Gasteiger partial charge in [-0.25, -0.2) is 0 Å². The summed E-state index contributed by atoms with van der Waals surface area (Å²) in [5, 5.41) is 2.86. The van der Waals surface area contributed by atoms with Gasteiger partial charge in [0.1, 0.15) is 11.5 Å². The number of hydrogen-bond acceptors (Lipinski definition) is 3. The van der Waals surface area contributed by atoms with Crippen LogP contribution in [0, 0.1) is 6.92 Å². The molecule has 0 unspecified atom stereocenters. The van der Waals surface area contributed by atoms with Crippen LogP contribution in [0.1, 0.15) is 11.1 Å². The van der Waals surface area contributed by atoms with Gasteiger partial charge in [0.15, 0.2) is 6.61 Å². The molecule has 0 heterocycles. The highest BCUT2D eigenvalue weighted by molar-refractivity contribution is 9.10. The molecule has 0 saturated heterocycles. The highest BCUT2D eigenvalue weighted by atomic mass is 79.9. The van der Waals surface area contributed by atoms with Crippen LogP contribution >= 0.6 is 15.9 Å². The second-order valence-electron chi connectivity index (χ2n) is 5.16. The molecule has 0 radical (unpaired) electrons. The Balaban J connectivity index is 1.78. The summed E-state index contributed by atoms with van der Waals surface area (Å²) < 4.78 is 11.7. The van der Waals surface area contributed by atoms with E-state index in [2.05, 4.69) is 27.3 Å². The molecule has 0 fully saturated rings. The summed E-state index contributed by atoms with van der Waals surface area (Å²) in [6, 6.07) is 13.4. The minimum atomic E-state index is -0.142. The molecule has 5 heteroatoms. The Morgan fingerprint density at radius 2 is 2.04 bits per heavy atom. The number of methoxy groups -OCH3 is 1. The van der Waals surface area contributed by atoms with E-state index < -0.39 is 0 Å². The Hall–Kier alpha value is -2.01. The lowest BCUT2D eigenvalue weighted by Crippen LogP contribution is -2.30. The normalized spacial score (nSPS) is 10.2. The summed E-state index contributed by atoms with van der Waals surface area (Å²) in [7, 11) is 1.65. The van der Waals surface area contributed by atoms with E-state index in [1.807, 2.05) is 43.3 Å². The van der Waals surface area contributed by atoms with E-state index in [1.54, 1.807) is 7.11 Å². The van der Waals surface area contributed by atoms with Gasteiger partial charge in [0, 0.05) is 11.0 Å². The van der Waals surface area contributed by atoms with Gasteiger partial charge in [0.05, 0.1) is 7.11 Å². The van der Waals surface area contributed by atoms with Crippen molar-refractivity contribution in [3.05, 3.63) is 58.1 Å². The van der Waals surface area contributed by atoms with E-state index in [0.717, 1.165) is 15.8 Å². The second kappa shape index (κ2) is 8.58. The molecule has 2 aromatic rings. The molecule has 0 aliphatic heterocycles. The third kappa shape index (κ3) is 5.60. The van der Waals surface area contributed by atoms with Crippen LogP contribution in [-0.2, 0) is 11.2 Å². The topological polar surface area (TPSA) is 47.6 Å². The van der Waals surface area contributed by atoms with E-state index in [0.29, 0.717) is 18.7 Å². The predicted octanol–water partition coefficient (Wildman–Crippen LogP) is 3.50. The molecule has 0 saturated carbocycles. The minimum absolute atomic E-state index is 0.00139. The van der Waals surface area contributed by atoms with Gasteiger partial charge in [0.2, 0.25) is 0 Å². The van der Waals surface area contributed by atoms with Gasteiger partial charge in [-0.3, -0.25) is 4.79 Å². The molecule has 2 rings (SSSR count). The third-order valence-electron chi connectivity index (χ3n) is 3.32. The maximum Gasteiger partial charge on any atom is 0.257 e. The van der Waals surface area contributed by atoms with Gasteiger partial charge in [-0.05, 0) is 43.2 Å². The summed E-state index contributed by atoms with van der Waals surface area (Å²) in [5.74, 6) is 1.36. The van der Waals surface area contributed by atoms with Gasteiger partial charge in [-0.2, -0.15) is 0 Å². The number of rotatable bonds is 7. The largest absolute Gasteiger partial charge is 0.496 e. The molecule has 4 nitrogen and oxygen atoms in total. The highest BCUT2D eigenvalue weighted by Gasteiger charge is 2.06. The number of amides is 1. The number of halogens is 1. The van der Waals surface area contributed by atoms with Crippen molar-refractivity contribution in [2.24, 2.45) is 0 Å². The lowest BCUT2D eigenvalue weighted by atomic mass is 10.1. The Labute approximate surface area is 144 Å². The van der Waals surface area contributed by atoms with Crippen LogP contribution in [0.3, 0.4) is 0 Å². The quantitative estimate of drug-likeness (QED) is 0.802. The van der Waals surface area contributed by atoms with Crippen LogP contribution in [0.4, 0.5) is 0 Å². The van der Waals surface area contributed by atoms with E-state index in [-0.39, 0.29) is 12.5 Å². The number of aryl methyl sites for hydroxylation is 1. The molecule has 23 heavy (non-hydrogen) atoms. The van der Waals surface area contributed by atoms with Crippen molar-refractivity contribution >= 4 is 21.8 Å². The number of ether oxygens (including phenoxy) is 2. The molecule has 0 aromatic heterocycles. The summed E-state index contributed by atoms with van der Waals surface area (Å²) in [4.78, 5) is 11.8. The van der Waals surface area contributed by atoms with E-state index >= 15 is 0 Å². The molecule has 2 aromatic carbocycles. The number of hydrogen-bond donors (Lipinski definition) is 1. The summed E-state index contributed by atoms with van der Waals surface area (Å²) in [5.41, 5.74) is 2.26. The number of carbonyl (C=O) groups excluding carboxylic acids is 1. The molecule has 0 atom stereocenters. The smallest absolute Gasteiger partial charge is 0.257 e. The Kier molecular flexibility index (Phi) is 6.47. The second-order valence-corrected chi connectivity index (χ2v) is 6.08. The SMILES string of the molecule is COc1ccc(C)cc1CCNC(=O)COc1cccc(Br)c1. The van der Waals surface area contributed by atoms with Crippen molar-refractivity contribution in [1.29, 1.82) is 0 Å². The monoisotopic (exact) mass is 377 g/mol.